The van der Waals surface area contributed by atoms with Gasteiger partial charge in [-0.25, -0.2) is 4.79 Å². The van der Waals surface area contributed by atoms with Gasteiger partial charge < -0.3 is 4.74 Å². The highest BCUT2D eigenvalue weighted by Crippen LogP contribution is 2.27. The molecule has 5 nitrogen and oxygen atoms in total. The van der Waals surface area contributed by atoms with Gasteiger partial charge in [-0.1, -0.05) is 36.4 Å². The Morgan fingerprint density at radius 2 is 1.93 bits per heavy atom. The third kappa shape index (κ3) is 3.74. The van der Waals surface area contributed by atoms with Crippen LogP contribution in [0.3, 0.4) is 0 Å². The Morgan fingerprint density at radius 3 is 2.59 bits per heavy atom. The van der Waals surface area contributed by atoms with Gasteiger partial charge in [0.25, 0.3) is 5.56 Å². The summed E-state index contributed by atoms with van der Waals surface area (Å²) >= 11 is 1.20. The Balaban J connectivity index is 2.02. The summed E-state index contributed by atoms with van der Waals surface area (Å²) in [5.74, 6) is -0.539. The fraction of sp³-hybridized carbons (Fsp3) is 0.190. The number of carbonyl (C=O) groups is 1. The quantitative estimate of drug-likeness (QED) is 0.500. The first-order chi connectivity index (χ1) is 13.1. The average Bonchev–Trinajstić information content (AvgIpc) is 2.68. The molecule has 2 aromatic heterocycles. The van der Waals surface area contributed by atoms with Crippen LogP contribution in [0.2, 0.25) is 0 Å². The van der Waals surface area contributed by atoms with Crippen molar-refractivity contribution in [3.8, 4) is 6.07 Å². The number of ether oxygens (including phenoxy) is 1. The summed E-state index contributed by atoms with van der Waals surface area (Å²) < 4.78 is 6.97. The van der Waals surface area contributed by atoms with Crippen molar-refractivity contribution in [1.29, 1.82) is 5.26 Å². The van der Waals surface area contributed by atoms with Crippen molar-refractivity contribution in [1.82, 2.24) is 4.40 Å². The second-order valence-corrected chi connectivity index (χ2v) is 6.88. The monoisotopic (exact) mass is 378 g/mol. The Labute approximate surface area is 161 Å². The van der Waals surface area contributed by atoms with E-state index in [0.29, 0.717) is 16.8 Å². The number of hydrogen-bond donors (Lipinski definition) is 0. The van der Waals surface area contributed by atoms with E-state index >= 15 is 0 Å². The first-order valence-electron chi connectivity index (χ1n) is 8.43. The standard InChI is InChI=1S/C21H18N2O3S/c1-14(12-15-8-4-3-5-9-15)26-21(25)18-17-10-6-7-11-23(17)20(24)16(13-22)19(18)27-2/h3-11,14H,12H2,1-2H3. The van der Waals surface area contributed by atoms with Crippen molar-refractivity contribution in [3.05, 3.63) is 81.8 Å². The zero-order valence-corrected chi connectivity index (χ0v) is 15.8. The number of fused-ring (bicyclic) bond motifs is 1. The van der Waals surface area contributed by atoms with Gasteiger partial charge in [0.1, 0.15) is 17.7 Å². The van der Waals surface area contributed by atoms with Gasteiger partial charge in [-0.05, 0) is 30.9 Å². The Hall–Kier alpha value is -3.04. The molecule has 6 heteroatoms. The number of nitriles is 1. The van der Waals surface area contributed by atoms with Crippen LogP contribution < -0.4 is 5.56 Å². The van der Waals surface area contributed by atoms with Crippen molar-refractivity contribution < 1.29 is 9.53 Å². The Bertz CT molecular complexity index is 1080. The lowest BCUT2D eigenvalue weighted by Crippen LogP contribution is -2.24. The molecule has 0 amide bonds. The molecule has 1 unspecified atom stereocenters. The predicted molar refractivity (Wildman–Crippen MR) is 105 cm³/mol. The highest BCUT2D eigenvalue weighted by molar-refractivity contribution is 7.98. The molecule has 2 heterocycles. The minimum absolute atomic E-state index is 0.0473. The first kappa shape index (κ1) is 18.7. The molecule has 0 aliphatic carbocycles. The van der Waals surface area contributed by atoms with Crippen molar-refractivity contribution in [2.45, 2.75) is 24.3 Å². The highest BCUT2D eigenvalue weighted by Gasteiger charge is 2.24. The zero-order chi connectivity index (χ0) is 19.4. The van der Waals surface area contributed by atoms with E-state index in [1.54, 1.807) is 30.7 Å². The second kappa shape index (κ2) is 8.11. The summed E-state index contributed by atoms with van der Waals surface area (Å²) in [5.41, 5.74) is 1.26. The molecule has 0 N–H and O–H groups in total. The molecule has 136 valence electrons. The van der Waals surface area contributed by atoms with E-state index in [1.807, 2.05) is 43.3 Å². The molecule has 0 bridgehead atoms. The number of thioether (sulfide) groups is 1. The lowest BCUT2D eigenvalue weighted by Gasteiger charge is -2.17. The predicted octanol–water partition coefficient (Wildman–Crippen LogP) is 3.68. The molecule has 1 atom stereocenters. The molecule has 0 saturated carbocycles. The van der Waals surface area contributed by atoms with E-state index in [2.05, 4.69) is 0 Å². The molecule has 0 aliphatic heterocycles. The fourth-order valence-electron chi connectivity index (χ4n) is 3.01. The molecule has 3 aromatic rings. The number of aromatic nitrogens is 1. The third-order valence-corrected chi connectivity index (χ3v) is 5.01. The molecule has 0 spiro atoms. The second-order valence-electron chi connectivity index (χ2n) is 6.06. The van der Waals surface area contributed by atoms with Crippen LogP contribution in [0.15, 0.2) is 64.4 Å². The van der Waals surface area contributed by atoms with Crippen LogP contribution in [-0.2, 0) is 11.2 Å². The first-order valence-corrected chi connectivity index (χ1v) is 9.65. The number of esters is 1. The number of rotatable bonds is 5. The number of benzene rings is 1. The van der Waals surface area contributed by atoms with Crippen LogP contribution >= 0.6 is 11.8 Å². The summed E-state index contributed by atoms with van der Waals surface area (Å²) in [5, 5.41) is 9.44. The van der Waals surface area contributed by atoms with Gasteiger partial charge in [0.15, 0.2) is 0 Å². The average molecular weight is 378 g/mol. The van der Waals surface area contributed by atoms with Gasteiger partial charge in [0.05, 0.1) is 11.1 Å². The van der Waals surface area contributed by atoms with Crippen molar-refractivity contribution in [2.75, 3.05) is 6.26 Å². The van der Waals surface area contributed by atoms with Crippen LogP contribution in [0.25, 0.3) is 5.52 Å². The Kier molecular flexibility index (Phi) is 5.63. The lowest BCUT2D eigenvalue weighted by atomic mass is 10.1. The van der Waals surface area contributed by atoms with Gasteiger partial charge >= 0.3 is 5.97 Å². The fourth-order valence-corrected chi connectivity index (χ4v) is 3.74. The van der Waals surface area contributed by atoms with Gasteiger partial charge in [-0.15, -0.1) is 11.8 Å². The van der Waals surface area contributed by atoms with E-state index in [1.165, 1.54) is 16.2 Å². The summed E-state index contributed by atoms with van der Waals surface area (Å²) in [7, 11) is 0. The molecule has 1 aromatic carbocycles. The summed E-state index contributed by atoms with van der Waals surface area (Å²) in [6, 6.07) is 16.8. The van der Waals surface area contributed by atoms with Gasteiger partial charge in [0, 0.05) is 17.5 Å². The smallest absolute Gasteiger partial charge is 0.341 e. The number of hydrogen-bond acceptors (Lipinski definition) is 5. The third-order valence-electron chi connectivity index (χ3n) is 4.20. The molecule has 0 fully saturated rings. The van der Waals surface area contributed by atoms with Gasteiger partial charge in [0.2, 0.25) is 0 Å². The largest absolute Gasteiger partial charge is 0.459 e. The molecular weight excluding hydrogens is 360 g/mol. The topological polar surface area (TPSA) is 71.6 Å². The van der Waals surface area contributed by atoms with Crippen molar-refractivity contribution in [3.63, 3.8) is 0 Å². The summed E-state index contributed by atoms with van der Waals surface area (Å²) in [6.07, 6.45) is 3.51. The molecular formula is C21H18N2O3S. The number of nitrogens with zero attached hydrogens (tertiary/aromatic N) is 2. The van der Waals surface area contributed by atoms with E-state index in [4.69, 9.17) is 4.74 Å². The lowest BCUT2D eigenvalue weighted by molar-refractivity contribution is 0.0340. The maximum absolute atomic E-state index is 13.0. The van der Waals surface area contributed by atoms with Crippen LogP contribution in [0.1, 0.15) is 28.4 Å². The van der Waals surface area contributed by atoms with Crippen LogP contribution in [0.5, 0.6) is 0 Å². The van der Waals surface area contributed by atoms with Crippen LogP contribution in [0, 0.1) is 11.3 Å². The van der Waals surface area contributed by atoms with Crippen LogP contribution in [0.4, 0.5) is 0 Å². The zero-order valence-electron chi connectivity index (χ0n) is 15.0. The molecule has 0 radical (unpaired) electrons. The minimum Gasteiger partial charge on any atom is -0.459 e. The summed E-state index contributed by atoms with van der Waals surface area (Å²) in [6.45, 7) is 1.83. The molecule has 27 heavy (non-hydrogen) atoms. The van der Waals surface area contributed by atoms with Crippen molar-refractivity contribution in [2.24, 2.45) is 0 Å². The SMILES string of the molecule is CSc1c(C#N)c(=O)n2ccccc2c1C(=O)OC(C)Cc1ccccc1. The van der Waals surface area contributed by atoms with E-state index in [-0.39, 0.29) is 17.2 Å². The minimum atomic E-state index is -0.539. The number of pyridine rings is 2. The van der Waals surface area contributed by atoms with E-state index in [0.717, 1.165) is 5.56 Å². The number of carbonyl (C=O) groups excluding carboxylic acids is 1. The van der Waals surface area contributed by atoms with E-state index in [9.17, 15) is 14.9 Å². The highest BCUT2D eigenvalue weighted by atomic mass is 32.2. The van der Waals surface area contributed by atoms with Gasteiger partial charge in [-0.3, -0.25) is 9.20 Å². The van der Waals surface area contributed by atoms with Crippen LogP contribution in [-0.4, -0.2) is 22.7 Å². The molecule has 0 aliphatic rings. The summed E-state index contributed by atoms with van der Waals surface area (Å²) in [4.78, 5) is 25.9. The Morgan fingerprint density at radius 1 is 1.22 bits per heavy atom. The van der Waals surface area contributed by atoms with Gasteiger partial charge in [-0.2, -0.15) is 5.26 Å². The van der Waals surface area contributed by atoms with E-state index < -0.39 is 11.5 Å². The maximum atomic E-state index is 13.0. The van der Waals surface area contributed by atoms with Crippen molar-refractivity contribution >= 4 is 23.2 Å². The molecule has 3 rings (SSSR count). The normalized spacial score (nSPS) is 11.7. The maximum Gasteiger partial charge on any atom is 0.341 e. The molecule has 0 saturated heterocycles.